The summed E-state index contributed by atoms with van der Waals surface area (Å²) in [4.78, 5) is 8.60. The topological polar surface area (TPSA) is 71.3 Å². The van der Waals surface area contributed by atoms with Gasteiger partial charge in [0, 0.05) is 39.6 Å². The van der Waals surface area contributed by atoms with Crippen molar-refractivity contribution in [1.29, 1.82) is 0 Å². The summed E-state index contributed by atoms with van der Waals surface area (Å²) >= 11 is 6.20. The molecular weight excluding hydrogens is 412 g/mol. The number of aromatic nitrogens is 8. The number of rotatable bonds is 4. The van der Waals surface area contributed by atoms with Crippen LogP contribution in [0.2, 0.25) is 5.02 Å². The van der Waals surface area contributed by atoms with Gasteiger partial charge < -0.3 is 16.6 Å². The van der Waals surface area contributed by atoms with Crippen molar-refractivity contribution < 1.29 is 0 Å². The molecular formula is C22H34ClN8-. The Morgan fingerprint density at radius 2 is 1.42 bits per heavy atom. The lowest BCUT2D eigenvalue weighted by Gasteiger charge is -2.01. The zero-order valence-corrected chi connectivity index (χ0v) is 19.5. The summed E-state index contributed by atoms with van der Waals surface area (Å²) in [6, 6.07) is 2.06. The molecule has 0 radical (unpaired) electrons. The molecule has 170 valence electrons. The molecule has 31 heavy (non-hydrogen) atoms. The van der Waals surface area contributed by atoms with E-state index in [0.717, 1.165) is 47.3 Å². The molecule has 9 heteroatoms. The molecule has 4 aromatic heterocycles. The lowest BCUT2D eigenvalue weighted by molar-refractivity contribution is 0.659. The van der Waals surface area contributed by atoms with Crippen molar-refractivity contribution in [3.63, 3.8) is 0 Å². The molecule has 0 fully saturated rings. The van der Waals surface area contributed by atoms with E-state index >= 15 is 0 Å². The Bertz CT molecular complexity index is 1100. The lowest BCUT2D eigenvalue weighted by atomic mass is 10.3. The van der Waals surface area contributed by atoms with Gasteiger partial charge >= 0.3 is 0 Å². The molecule has 0 aliphatic rings. The summed E-state index contributed by atoms with van der Waals surface area (Å²) in [5.74, 6) is 0. The molecule has 0 saturated heterocycles. The highest BCUT2D eigenvalue weighted by Crippen LogP contribution is 2.29. The maximum absolute atomic E-state index is 6.20. The summed E-state index contributed by atoms with van der Waals surface area (Å²) in [6.07, 6.45) is 7.50. The zero-order valence-electron chi connectivity index (χ0n) is 18.8. The van der Waals surface area contributed by atoms with Crippen molar-refractivity contribution >= 4 is 11.6 Å². The predicted molar refractivity (Wildman–Crippen MR) is 128 cm³/mol. The number of imidazole rings is 2. The Labute approximate surface area is 190 Å². The average molecular weight is 446 g/mol. The zero-order chi connectivity index (χ0) is 21.1. The average Bonchev–Trinajstić information content (AvgIpc) is 3.45. The van der Waals surface area contributed by atoms with Crippen LogP contribution in [0.5, 0.6) is 0 Å². The van der Waals surface area contributed by atoms with E-state index in [-0.39, 0.29) is 14.9 Å². The molecule has 0 saturated carbocycles. The monoisotopic (exact) mass is 445 g/mol. The second-order valence-electron chi connectivity index (χ2n) is 6.90. The smallest absolute Gasteiger partial charge is 0.108 e. The molecule has 0 aliphatic carbocycles. The minimum absolute atomic E-state index is 0. The van der Waals surface area contributed by atoms with E-state index in [1.807, 2.05) is 65.8 Å². The SMILES string of the molecule is C.CCn1nc(C)c(Cl)c1-c1cn(C)cn1.CCn1nc(C)cc1-c1cn(C)cn1.[CH3-]. The third kappa shape index (κ3) is 5.64. The van der Waals surface area contributed by atoms with Gasteiger partial charge in [0.1, 0.15) is 17.1 Å². The van der Waals surface area contributed by atoms with Crippen molar-refractivity contribution in [2.24, 2.45) is 14.1 Å². The Hall–Kier alpha value is -2.87. The summed E-state index contributed by atoms with van der Waals surface area (Å²) in [5.41, 5.74) is 5.72. The Kier molecular flexibility index (Phi) is 9.24. The van der Waals surface area contributed by atoms with Gasteiger partial charge in [0.15, 0.2) is 0 Å². The fourth-order valence-corrected chi connectivity index (χ4v) is 3.34. The fourth-order valence-electron chi connectivity index (χ4n) is 3.11. The summed E-state index contributed by atoms with van der Waals surface area (Å²) in [7, 11) is 3.90. The van der Waals surface area contributed by atoms with Crippen LogP contribution in [0.3, 0.4) is 0 Å². The van der Waals surface area contributed by atoms with Crippen LogP contribution in [0.4, 0.5) is 0 Å². The van der Waals surface area contributed by atoms with E-state index in [1.165, 1.54) is 0 Å². The third-order valence-corrected chi connectivity index (χ3v) is 4.92. The van der Waals surface area contributed by atoms with Crippen molar-refractivity contribution in [1.82, 2.24) is 38.7 Å². The van der Waals surface area contributed by atoms with Gasteiger partial charge in [-0.15, -0.1) is 0 Å². The van der Waals surface area contributed by atoms with Crippen molar-refractivity contribution in [3.05, 3.63) is 55.0 Å². The first-order valence-corrected chi connectivity index (χ1v) is 9.95. The number of hydrogen-bond acceptors (Lipinski definition) is 4. The number of halogens is 1. The fraction of sp³-hybridized carbons (Fsp3) is 0.409. The molecule has 0 atom stereocenters. The van der Waals surface area contributed by atoms with Crippen LogP contribution in [-0.4, -0.2) is 38.7 Å². The minimum atomic E-state index is 0. The maximum Gasteiger partial charge on any atom is 0.108 e. The third-order valence-electron chi connectivity index (χ3n) is 4.47. The molecule has 0 N–H and O–H groups in total. The van der Waals surface area contributed by atoms with Gasteiger partial charge in [0.05, 0.1) is 34.8 Å². The van der Waals surface area contributed by atoms with Crippen LogP contribution in [0.25, 0.3) is 22.8 Å². The van der Waals surface area contributed by atoms with E-state index in [9.17, 15) is 0 Å². The molecule has 0 unspecified atom stereocenters. The van der Waals surface area contributed by atoms with E-state index in [0.29, 0.717) is 5.02 Å². The van der Waals surface area contributed by atoms with Crippen LogP contribution in [0.15, 0.2) is 31.1 Å². The van der Waals surface area contributed by atoms with Crippen molar-refractivity contribution in [2.45, 2.75) is 48.2 Å². The molecule has 0 aliphatic heterocycles. The van der Waals surface area contributed by atoms with E-state index < -0.39 is 0 Å². The standard InChI is InChI=1S/C10H13ClN4.C10H14N4.CH4.CH3/c1-4-15-10(9(11)7(2)13-15)8-5-14(3)6-12-8;1-4-14-10(5-8(2)12-14)9-6-13(3)7-11-9;;/h5-6H,4H2,1-3H3;5-7H,4H2,1-3H3;1H4;1H3/q;;;-1. The van der Waals surface area contributed by atoms with Gasteiger partial charge in [-0.3, -0.25) is 9.36 Å². The molecule has 0 spiro atoms. The molecule has 0 amide bonds. The van der Waals surface area contributed by atoms with Crippen LogP contribution in [0, 0.1) is 21.3 Å². The Balaban J connectivity index is 0.000000292. The first-order chi connectivity index (χ1) is 13.8. The molecule has 0 bridgehead atoms. The summed E-state index contributed by atoms with van der Waals surface area (Å²) < 4.78 is 7.68. The quantitative estimate of drug-likeness (QED) is 0.416. The van der Waals surface area contributed by atoms with Gasteiger partial charge in [0.25, 0.3) is 0 Å². The van der Waals surface area contributed by atoms with Gasteiger partial charge in [-0.2, -0.15) is 10.2 Å². The largest absolute Gasteiger partial charge is 0.358 e. The van der Waals surface area contributed by atoms with Gasteiger partial charge in [-0.25, -0.2) is 9.97 Å². The first kappa shape index (κ1) is 26.2. The number of nitrogens with zero attached hydrogens (tertiary/aromatic N) is 8. The first-order valence-electron chi connectivity index (χ1n) is 9.58. The Morgan fingerprint density at radius 3 is 1.90 bits per heavy atom. The highest BCUT2D eigenvalue weighted by atomic mass is 35.5. The normalized spacial score (nSPS) is 10.2. The maximum atomic E-state index is 6.20. The van der Waals surface area contributed by atoms with Crippen LogP contribution < -0.4 is 0 Å². The van der Waals surface area contributed by atoms with Crippen LogP contribution in [0.1, 0.15) is 32.7 Å². The van der Waals surface area contributed by atoms with Crippen molar-refractivity contribution in [2.75, 3.05) is 0 Å². The summed E-state index contributed by atoms with van der Waals surface area (Å²) in [5, 5.41) is 9.42. The van der Waals surface area contributed by atoms with E-state index in [4.69, 9.17) is 11.6 Å². The van der Waals surface area contributed by atoms with Gasteiger partial charge in [-0.1, -0.05) is 19.0 Å². The number of hydrogen-bond donors (Lipinski definition) is 0. The molecule has 4 aromatic rings. The van der Waals surface area contributed by atoms with Crippen molar-refractivity contribution in [3.8, 4) is 22.8 Å². The number of aryl methyl sites for hydroxylation is 6. The highest BCUT2D eigenvalue weighted by molar-refractivity contribution is 6.33. The predicted octanol–water partition coefficient (Wildman–Crippen LogP) is 4.96. The summed E-state index contributed by atoms with van der Waals surface area (Å²) in [6.45, 7) is 9.69. The second-order valence-corrected chi connectivity index (χ2v) is 7.28. The van der Waals surface area contributed by atoms with Gasteiger partial charge in [0.2, 0.25) is 0 Å². The molecule has 4 rings (SSSR count). The van der Waals surface area contributed by atoms with E-state index in [1.54, 1.807) is 12.7 Å². The van der Waals surface area contributed by atoms with Crippen LogP contribution in [-0.2, 0) is 27.2 Å². The van der Waals surface area contributed by atoms with E-state index in [2.05, 4.69) is 33.2 Å². The van der Waals surface area contributed by atoms with Gasteiger partial charge in [-0.05, 0) is 33.8 Å². The molecule has 4 heterocycles. The Morgan fingerprint density at radius 1 is 0.871 bits per heavy atom. The highest BCUT2D eigenvalue weighted by Gasteiger charge is 2.16. The lowest BCUT2D eigenvalue weighted by Crippen LogP contribution is -1.99. The minimum Gasteiger partial charge on any atom is -0.358 e. The van der Waals surface area contributed by atoms with Crippen LogP contribution >= 0.6 is 11.6 Å². The molecule has 0 aromatic carbocycles. The second kappa shape index (κ2) is 10.9. The molecule has 8 nitrogen and oxygen atoms in total.